The monoisotopic (exact) mass is 215 g/mol. The van der Waals surface area contributed by atoms with E-state index in [-0.39, 0.29) is 0 Å². The van der Waals surface area contributed by atoms with Crippen molar-refractivity contribution in [2.24, 2.45) is 0 Å². The van der Waals surface area contributed by atoms with Crippen LogP contribution in [0.2, 0.25) is 0 Å². The highest BCUT2D eigenvalue weighted by molar-refractivity contribution is 5.58. The largest absolute Gasteiger partial charge is 0.357 e. The third-order valence-corrected chi connectivity index (χ3v) is 2.12. The molecule has 0 aliphatic carbocycles. The predicted molar refractivity (Wildman–Crippen MR) is 63.8 cm³/mol. The average molecular weight is 215 g/mol. The summed E-state index contributed by atoms with van der Waals surface area (Å²) in [7, 11) is 1.79. The maximum absolute atomic E-state index is 4.32. The van der Waals surface area contributed by atoms with Crippen LogP contribution in [0.4, 0.5) is 17.5 Å². The lowest BCUT2D eigenvalue weighted by Gasteiger charge is -2.08. The number of nitrogens with zero attached hydrogens (tertiary/aromatic N) is 3. The number of nitrogens with one attached hydrogen (secondary N) is 2. The number of hydrogen-bond donors (Lipinski definition) is 2. The van der Waals surface area contributed by atoms with Crippen molar-refractivity contribution in [1.82, 2.24) is 15.0 Å². The Kier molecular flexibility index (Phi) is 2.95. The lowest BCUT2D eigenvalue weighted by molar-refractivity contribution is 1.12. The molecule has 0 aromatic carbocycles. The summed E-state index contributed by atoms with van der Waals surface area (Å²) in [6.45, 7) is 1.96. The van der Waals surface area contributed by atoms with Crippen LogP contribution in [0.3, 0.4) is 0 Å². The van der Waals surface area contributed by atoms with Crippen molar-refractivity contribution in [3.63, 3.8) is 0 Å². The molecule has 0 amide bonds. The molecule has 5 nitrogen and oxygen atoms in total. The first kappa shape index (κ1) is 10.4. The van der Waals surface area contributed by atoms with Crippen LogP contribution in [0.15, 0.2) is 30.7 Å². The van der Waals surface area contributed by atoms with Crippen molar-refractivity contribution in [1.29, 1.82) is 0 Å². The summed E-state index contributed by atoms with van der Waals surface area (Å²) in [6.07, 6.45) is 5.26. The second-order valence-corrected chi connectivity index (χ2v) is 3.34. The van der Waals surface area contributed by atoms with Crippen LogP contribution in [0.1, 0.15) is 5.56 Å². The van der Waals surface area contributed by atoms with Crippen molar-refractivity contribution >= 4 is 17.5 Å². The van der Waals surface area contributed by atoms with Gasteiger partial charge in [-0.15, -0.1) is 0 Å². The fourth-order valence-electron chi connectivity index (χ4n) is 1.26. The van der Waals surface area contributed by atoms with Gasteiger partial charge in [0, 0.05) is 25.0 Å². The van der Waals surface area contributed by atoms with E-state index >= 15 is 0 Å². The quantitative estimate of drug-likeness (QED) is 0.819. The van der Waals surface area contributed by atoms with E-state index in [0.29, 0.717) is 5.95 Å². The van der Waals surface area contributed by atoms with Crippen molar-refractivity contribution < 1.29 is 0 Å². The second-order valence-electron chi connectivity index (χ2n) is 3.34. The van der Waals surface area contributed by atoms with Gasteiger partial charge in [-0.25, -0.2) is 4.98 Å². The zero-order valence-corrected chi connectivity index (χ0v) is 9.23. The Labute approximate surface area is 94.0 Å². The Balaban J connectivity index is 2.27. The highest BCUT2D eigenvalue weighted by Gasteiger charge is 2.02. The van der Waals surface area contributed by atoms with Crippen molar-refractivity contribution in [2.75, 3.05) is 17.7 Å². The van der Waals surface area contributed by atoms with Crippen LogP contribution < -0.4 is 10.6 Å². The van der Waals surface area contributed by atoms with Crippen LogP contribution in [0.25, 0.3) is 0 Å². The van der Waals surface area contributed by atoms with Crippen molar-refractivity contribution in [3.05, 3.63) is 36.3 Å². The molecule has 82 valence electrons. The van der Waals surface area contributed by atoms with E-state index in [4.69, 9.17) is 0 Å². The van der Waals surface area contributed by atoms with Crippen molar-refractivity contribution in [2.45, 2.75) is 6.92 Å². The molecular weight excluding hydrogens is 202 g/mol. The molecular formula is C11H13N5. The number of rotatable bonds is 3. The molecule has 16 heavy (non-hydrogen) atoms. The topological polar surface area (TPSA) is 62.7 Å². The highest BCUT2D eigenvalue weighted by atomic mass is 15.1. The van der Waals surface area contributed by atoms with Gasteiger partial charge in [0.2, 0.25) is 5.95 Å². The second kappa shape index (κ2) is 4.57. The van der Waals surface area contributed by atoms with Gasteiger partial charge in [-0.1, -0.05) is 0 Å². The van der Waals surface area contributed by atoms with Gasteiger partial charge in [-0.3, -0.25) is 4.98 Å². The smallest absolute Gasteiger partial charge is 0.224 e. The maximum atomic E-state index is 4.32. The first-order valence-corrected chi connectivity index (χ1v) is 4.98. The Morgan fingerprint density at radius 2 is 2.12 bits per heavy atom. The van der Waals surface area contributed by atoms with E-state index < -0.39 is 0 Å². The lowest BCUT2D eigenvalue weighted by Crippen LogP contribution is -2.02. The fraction of sp³-hybridized carbons (Fsp3) is 0.182. The van der Waals surface area contributed by atoms with Crippen LogP contribution in [0.5, 0.6) is 0 Å². The van der Waals surface area contributed by atoms with Gasteiger partial charge in [0.25, 0.3) is 0 Å². The van der Waals surface area contributed by atoms with Gasteiger partial charge in [-0.05, 0) is 19.1 Å². The van der Waals surface area contributed by atoms with E-state index in [1.165, 1.54) is 0 Å². The van der Waals surface area contributed by atoms with Crippen LogP contribution in [-0.2, 0) is 0 Å². The summed E-state index contributed by atoms with van der Waals surface area (Å²) in [4.78, 5) is 12.5. The van der Waals surface area contributed by atoms with E-state index in [2.05, 4.69) is 25.6 Å². The van der Waals surface area contributed by atoms with Crippen LogP contribution in [0, 0.1) is 6.92 Å². The third-order valence-electron chi connectivity index (χ3n) is 2.12. The summed E-state index contributed by atoms with van der Waals surface area (Å²) in [6, 6.07) is 3.81. The molecule has 0 radical (unpaired) electrons. The Bertz CT molecular complexity index is 469. The normalized spacial score (nSPS) is 9.88. The SMILES string of the molecule is CNc1ncc(C)c(Nc2cccnc2)n1. The molecule has 0 saturated heterocycles. The molecule has 2 rings (SSSR count). The Morgan fingerprint density at radius 1 is 1.25 bits per heavy atom. The molecule has 0 atom stereocenters. The zero-order chi connectivity index (χ0) is 11.4. The average Bonchev–Trinajstić information content (AvgIpc) is 2.33. The maximum Gasteiger partial charge on any atom is 0.224 e. The summed E-state index contributed by atoms with van der Waals surface area (Å²) in [5.41, 5.74) is 1.90. The zero-order valence-electron chi connectivity index (χ0n) is 9.23. The van der Waals surface area contributed by atoms with Gasteiger partial charge in [0.15, 0.2) is 0 Å². The van der Waals surface area contributed by atoms with Crippen molar-refractivity contribution in [3.8, 4) is 0 Å². The summed E-state index contributed by atoms with van der Waals surface area (Å²) in [5.74, 6) is 1.38. The molecule has 0 unspecified atom stereocenters. The minimum absolute atomic E-state index is 0.594. The van der Waals surface area contributed by atoms with Gasteiger partial charge in [-0.2, -0.15) is 4.98 Å². The Morgan fingerprint density at radius 3 is 2.81 bits per heavy atom. The summed E-state index contributed by atoms with van der Waals surface area (Å²) < 4.78 is 0. The van der Waals surface area contributed by atoms with Gasteiger partial charge in [0.1, 0.15) is 5.82 Å². The molecule has 2 N–H and O–H groups in total. The molecule has 0 bridgehead atoms. The molecule has 5 heteroatoms. The third kappa shape index (κ3) is 2.25. The minimum Gasteiger partial charge on any atom is -0.357 e. The first-order valence-electron chi connectivity index (χ1n) is 4.98. The number of aryl methyl sites for hydroxylation is 1. The Hall–Kier alpha value is -2.17. The van der Waals surface area contributed by atoms with E-state index in [1.54, 1.807) is 25.6 Å². The van der Waals surface area contributed by atoms with Gasteiger partial charge >= 0.3 is 0 Å². The molecule has 2 aromatic heterocycles. The fourth-order valence-corrected chi connectivity index (χ4v) is 1.26. The summed E-state index contributed by atoms with van der Waals surface area (Å²) >= 11 is 0. The predicted octanol–water partition coefficient (Wildman–Crippen LogP) is 1.97. The molecule has 2 aromatic rings. The molecule has 0 fully saturated rings. The number of aromatic nitrogens is 3. The number of pyridine rings is 1. The molecule has 0 aliphatic heterocycles. The molecule has 0 aliphatic rings. The van der Waals surface area contributed by atoms with E-state index in [0.717, 1.165) is 17.1 Å². The van der Waals surface area contributed by atoms with Gasteiger partial charge in [0.05, 0.1) is 11.9 Å². The minimum atomic E-state index is 0.594. The van der Waals surface area contributed by atoms with E-state index in [1.807, 2.05) is 19.1 Å². The number of hydrogen-bond acceptors (Lipinski definition) is 5. The van der Waals surface area contributed by atoms with Crippen LogP contribution in [-0.4, -0.2) is 22.0 Å². The van der Waals surface area contributed by atoms with E-state index in [9.17, 15) is 0 Å². The standard InChI is InChI=1S/C11H13N5/c1-8-6-14-11(12-2)16-10(8)15-9-4-3-5-13-7-9/h3-7H,1-2H3,(H2,12,14,15,16). The molecule has 0 saturated carbocycles. The molecule has 0 spiro atoms. The summed E-state index contributed by atoms with van der Waals surface area (Å²) in [5, 5.41) is 6.10. The van der Waals surface area contributed by atoms with Crippen LogP contribution >= 0.6 is 0 Å². The molecule has 2 heterocycles. The first-order chi connectivity index (χ1) is 7.79. The lowest BCUT2D eigenvalue weighted by atomic mass is 10.3. The van der Waals surface area contributed by atoms with Gasteiger partial charge < -0.3 is 10.6 Å². The number of anilines is 3. The highest BCUT2D eigenvalue weighted by Crippen LogP contribution is 2.17.